The van der Waals surface area contributed by atoms with Crippen molar-refractivity contribution < 1.29 is 42.1 Å². The van der Waals surface area contributed by atoms with Gasteiger partial charge in [-0.15, -0.1) is 13.2 Å². The van der Waals surface area contributed by atoms with Gasteiger partial charge in [0.25, 0.3) is 5.91 Å². The van der Waals surface area contributed by atoms with Crippen LogP contribution in [0.4, 0.5) is 13.2 Å². The number of carbonyl (C=O) groups is 2. The van der Waals surface area contributed by atoms with Crippen LogP contribution in [-0.4, -0.2) is 59.8 Å². The average Bonchev–Trinajstić information content (AvgIpc) is 2.73. The third-order valence-electron chi connectivity index (χ3n) is 7.53. The van der Waals surface area contributed by atoms with Gasteiger partial charge in [-0.25, -0.2) is 0 Å². The van der Waals surface area contributed by atoms with E-state index in [1.165, 1.54) is 0 Å². The smallest absolute Gasteiger partial charge is 0.480 e. The molecule has 4 aliphatic rings. The zero-order valence-electron chi connectivity index (χ0n) is 18.6. The minimum atomic E-state index is -4.66. The van der Waals surface area contributed by atoms with Crippen LogP contribution < -0.4 is 15.4 Å². The van der Waals surface area contributed by atoms with Gasteiger partial charge in [0.05, 0.1) is 18.3 Å². The lowest BCUT2D eigenvalue weighted by Crippen LogP contribution is -2.76. The van der Waals surface area contributed by atoms with E-state index in [-0.39, 0.29) is 49.6 Å². The molecule has 192 valence electrons. The molecule has 1 heterocycles. The fourth-order valence-corrected chi connectivity index (χ4v) is 5.71. The Labute approximate surface area is 204 Å². The molecule has 0 radical (unpaired) electrons. The Morgan fingerprint density at radius 2 is 2.00 bits per heavy atom. The van der Waals surface area contributed by atoms with Crippen molar-refractivity contribution in [2.75, 3.05) is 6.61 Å². The molecule has 12 heteroatoms. The average molecular weight is 519 g/mol. The first kappa shape index (κ1) is 24.6. The maximum atomic E-state index is 12.8. The maximum Gasteiger partial charge on any atom is 0.522 e. The molecule has 8 nitrogen and oxygen atoms in total. The Kier molecular flexibility index (Phi) is 6.40. The van der Waals surface area contributed by atoms with Crippen molar-refractivity contribution in [1.29, 1.82) is 0 Å². The van der Waals surface area contributed by atoms with Crippen molar-refractivity contribution >= 4 is 23.4 Å². The van der Waals surface area contributed by atoms with Crippen molar-refractivity contribution in [2.24, 2.45) is 5.92 Å². The van der Waals surface area contributed by atoms with Crippen LogP contribution in [0.3, 0.4) is 0 Å². The van der Waals surface area contributed by atoms with Crippen LogP contribution in [0, 0.1) is 5.92 Å². The van der Waals surface area contributed by atoms with Crippen LogP contribution in [0.5, 0.6) is 5.75 Å². The SMILES string of the molecule is O=C(COC1CC(OC(F)(F)F)C1)NC12CCC1C(NC(=O)[C@H]1C[C@@H](O)c3cc(Cl)ccc3O1)C2. The normalized spacial score (nSPS) is 35.2. The predicted molar refractivity (Wildman–Crippen MR) is 115 cm³/mol. The number of halogens is 4. The van der Waals surface area contributed by atoms with E-state index < -0.39 is 36.3 Å². The quantitative estimate of drug-likeness (QED) is 0.512. The van der Waals surface area contributed by atoms with Crippen molar-refractivity contribution in [2.45, 2.75) is 80.9 Å². The molecule has 5 atom stereocenters. The van der Waals surface area contributed by atoms with Gasteiger partial charge in [-0.1, -0.05) is 11.6 Å². The number of aliphatic hydroxyl groups is 1. The van der Waals surface area contributed by atoms with Crippen molar-refractivity contribution in [3.05, 3.63) is 28.8 Å². The van der Waals surface area contributed by atoms with E-state index in [1.807, 2.05) is 0 Å². The molecule has 0 bridgehead atoms. The standard InChI is InChI=1S/C23H26ClF3N2O6/c24-11-1-2-18-14(5-11)17(30)8-19(34-18)21(32)28-16-9-22(4-3-15(16)22)29-20(31)10-33-12-6-13(7-12)35-23(25,26)27/h1-2,5,12-13,15-17,19,30H,3-4,6-10H2,(H,28,32)(H,29,31)/t12?,13?,15?,16?,17-,19-,22?/m1/s1. The highest BCUT2D eigenvalue weighted by Gasteiger charge is 2.61. The van der Waals surface area contributed by atoms with Gasteiger partial charge in [-0.2, -0.15) is 0 Å². The highest BCUT2D eigenvalue weighted by atomic mass is 35.5. The second kappa shape index (κ2) is 9.10. The summed E-state index contributed by atoms with van der Waals surface area (Å²) in [7, 11) is 0. The molecule has 0 saturated heterocycles. The summed E-state index contributed by atoms with van der Waals surface area (Å²) in [6, 6.07) is 4.77. The molecule has 3 N–H and O–H groups in total. The molecule has 1 aliphatic heterocycles. The minimum absolute atomic E-state index is 0.0864. The molecule has 35 heavy (non-hydrogen) atoms. The maximum absolute atomic E-state index is 12.8. The number of alkyl halides is 3. The number of nitrogens with one attached hydrogen (secondary N) is 2. The second-order valence-electron chi connectivity index (χ2n) is 9.80. The number of fused-ring (bicyclic) bond motifs is 2. The van der Waals surface area contributed by atoms with E-state index in [0.29, 0.717) is 22.8 Å². The highest BCUT2D eigenvalue weighted by molar-refractivity contribution is 6.30. The summed E-state index contributed by atoms with van der Waals surface area (Å²) in [6.45, 7) is -0.230. The first-order valence-electron chi connectivity index (χ1n) is 11.6. The lowest BCUT2D eigenvalue weighted by molar-refractivity contribution is -0.357. The lowest BCUT2D eigenvalue weighted by Gasteiger charge is -2.63. The van der Waals surface area contributed by atoms with Crippen molar-refractivity contribution in [3.8, 4) is 5.75 Å². The Morgan fingerprint density at radius 1 is 1.23 bits per heavy atom. The molecular weight excluding hydrogens is 493 g/mol. The van der Waals surface area contributed by atoms with Gasteiger partial charge in [-0.05, 0) is 37.5 Å². The van der Waals surface area contributed by atoms with E-state index in [9.17, 15) is 27.9 Å². The van der Waals surface area contributed by atoms with Gasteiger partial charge in [0.2, 0.25) is 5.91 Å². The number of carbonyl (C=O) groups excluding carboxylic acids is 2. The van der Waals surface area contributed by atoms with E-state index in [4.69, 9.17) is 21.1 Å². The van der Waals surface area contributed by atoms with Gasteiger partial charge in [0, 0.05) is 47.3 Å². The zero-order chi connectivity index (χ0) is 25.0. The van der Waals surface area contributed by atoms with Gasteiger partial charge in [-0.3, -0.25) is 14.3 Å². The summed E-state index contributed by atoms with van der Waals surface area (Å²) in [6.07, 6.45) is -5.18. The van der Waals surface area contributed by atoms with E-state index in [0.717, 1.165) is 12.8 Å². The first-order valence-corrected chi connectivity index (χ1v) is 12.0. The minimum Gasteiger partial charge on any atom is -0.480 e. The van der Waals surface area contributed by atoms with Crippen LogP contribution in [-0.2, 0) is 19.1 Å². The number of aliphatic hydroxyl groups excluding tert-OH is 1. The van der Waals surface area contributed by atoms with Crippen LogP contribution in [0.1, 0.15) is 50.2 Å². The molecule has 3 aliphatic carbocycles. The molecule has 3 unspecified atom stereocenters. The summed E-state index contributed by atoms with van der Waals surface area (Å²) >= 11 is 5.97. The summed E-state index contributed by atoms with van der Waals surface area (Å²) in [4.78, 5) is 25.1. The number of rotatable bonds is 7. The number of hydrogen-bond donors (Lipinski definition) is 3. The molecule has 3 saturated carbocycles. The molecule has 1 aromatic rings. The zero-order valence-corrected chi connectivity index (χ0v) is 19.4. The van der Waals surface area contributed by atoms with E-state index >= 15 is 0 Å². The van der Waals surface area contributed by atoms with Crippen LogP contribution in [0.15, 0.2) is 18.2 Å². The predicted octanol–water partition coefficient (Wildman–Crippen LogP) is 2.76. The van der Waals surface area contributed by atoms with Crippen molar-refractivity contribution in [1.82, 2.24) is 10.6 Å². The molecule has 3 fully saturated rings. The Hall–Kier alpha value is -2.08. The molecule has 0 spiro atoms. The monoisotopic (exact) mass is 518 g/mol. The molecule has 1 aromatic carbocycles. The number of benzene rings is 1. The van der Waals surface area contributed by atoms with Crippen LogP contribution >= 0.6 is 11.6 Å². The number of ether oxygens (including phenoxy) is 3. The highest BCUT2D eigenvalue weighted by Crippen LogP contribution is 2.54. The fourth-order valence-electron chi connectivity index (χ4n) is 5.53. The third-order valence-corrected chi connectivity index (χ3v) is 7.76. The largest absolute Gasteiger partial charge is 0.522 e. The Bertz CT molecular complexity index is 1000. The van der Waals surface area contributed by atoms with Gasteiger partial charge < -0.3 is 25.2 Å². The van der Waals surface area contributed by atoms with E-state index in [2.05, 4.69) is 15.4 Å². The fraction of sp³-hybridized carbons (Fsp3) is 0.652. The molecule has 5 rings (SSSR count). The summed E-state index contributed by atoms with van der Waals surface area (Å²) in [5.74, 6) is -0.128. The number of hydrogen-bond acceptors (Lipinski definition) is 6. The Morgan fingerprint density at radius 3 is 2.66 bits per heavy atom. The molecule has 0 aromatic heterocycles. The Balaban J connectivity index is 1.05. The number of amides is 2. The third kappa shape index (κ3) is 5.09. The first-order chi connectivity index (χ1) is 16.5. The lowest BCUT2D eigenvalue weighted by atomic mass is 9.50. The molecular formula is C23H26ClF3N2O6. The molecule has 2 amide bonds. The van der Waals surface area contributed by atoms with Crippen LogP contribution in [0.2, 0.25) is 5.02 Å². The van der Waals surface area contributed by atoms with Gasteiger partial charge in [0.1, 0.15) is 12.4 Å². The topological polar surface area (TPSA) is 106 Å². The summed E-state index contributed by atoms with van der Waals surface area (Å²) in [5.41, 5.74) is 0.161. The summed E-state index contributed by atoms with van der Waals surface area (Å²) < 4.78 is 51.6. The van der Waals surface area contributed by atoms with Crippen molar-refractivity contribution in [3.63, 3.8) is 0 Å². The van der Waals surface area contributed by atoms with E-state index in [1.54, 1.807) is 18.2 Å². The van der Waals surface area contributed by atoms with Crippen LogP contribution in [0.25, 0.3) is 0 Å². The second-order valence-corrected chi connectivity index (χ2v) is 10.2. The summed E-state index contributed by atoms with van der Waals surface area (Å²) in [5, 5.41) is 16.8. The van der Waals surface area contributed by atoms with Gasteiger partial charge in [0.15, 0.2) is 6.10 Å². The van der Waals surface area contributed by atoms with Gasteiger partial charge >= 0.3 is 6.36 Å².